The zero-order valence-electron chi connectivity index (χ0n) is 19.7. The van der Waals surface area contributed by atoms with Crippen LogP contribution in [0.3, 0.4) is 0 Å². The Morgan fingerprint density at radius 3 is 2.59 bits per heavy atom. The molecule has 0 radical (unpaired) electrons. The third-order valence-corrected chi connectivity index (χ3v) is 6.02. The second kappa shape index (κ2) is 9.97. The molecule has 10 nitrogen and oxygen atoms in total. The molecule has 2 N–H and O–H groups in total. The van der Waals surface area contributed by atoms with Crippen molar-refractivity contribution in [3.63, 3.8) is 0 Å². The van der Waals surface area contributed by atoms with Gasteiger partial charge in [0, 0.05) is 33.2 Å². The van der Waals surface area contributed by atoms with Crippen molar-refractivity contribution in [2.75, 3.05) is 38.1 Å². The number of aryl methyl sites for hydroxylation is 1. The Balaban J connectivity index is 2.11. The lowest BCUT2D eigenvalue weighted by Gasteiger charge is -2.28. The van der Waals surface area contributed by atoms with E-state index in [1.807, 2.05) is 19.1 Å². The van der Waals surface area contributed by atoms with Crippen LogP contribution in [0, 0.1) is 11.8 Å². The van der Waals surface area contributed by atoms with Gasteiger partial charge in [-0.2, -0.15) is 4.98 Å². The molecule has 10 heteroatoms. The minimum Gasteiger partial charge on any atom is -0.358 e. The molecule has 34 heavy (non-hydrogen) atoms. The predicted molar refractivity (Wildman–Crippen MR) is 132 cm³/mol. The summed E-state index contributed by atoms with van der Waals surface area (Å²) in [5.41, 5.74) is 0.738. The van der Waals surface area contributed by atoms with E-state index in [1.54, 1.807) is 23.6 Å². The molecule has 0 spiro atoms. The normalized spacial score (nSPS) is 13.6. The lowest BCUT2D eigenvalue weighted by atomic mass is 10.1. The molecule has 4 rings (SSSR count). The van der Waals surface area contributed by atoms with E-state index in [-0.39, 0.29) is 30.2 Å². The molecule has 2 aromatic heterocycles. The standard InChI is InChI=1S/C24H29N7O3/c1-4-6-13-29-20-21(27-23(29)28-14-11-26-12-15-28)30(16-19(32)25-3)24(34)31(22(20)33)18-10-8-7-9-17(18)5-2/h7-10,26H,5,11-16H2,1-3H3,(H,25,32). The number of benzene rings is 1. The Bertz CT molecular complexity index is 1400. The predicted octanol–water partition coefficient (Wildman–Crippen LogP) is 0.0902. The lowest BCUT2D eigenvalue weighted by molar-refractivity contribution is -0.121. The molecule has 3 aromatic rings. The second-order valence-corrected chi connectivity index (χ2v) is 8.00. The van der Waals surface area contributed by atoms with Crippen LogP contribution in [0.4, 0.5) is 5.95 Å². The topological polar surface area (TPSA) is 106 Å². The van der Waals surface area contributed by atoms with Crippen molar-refractivity contribution in [2.24, 2.45) is 0 Å². The number of imidazole rings is 1. The molecule has 1 aliphatic rings. The highest BCUT2D eigenvalue weighted by molar-refractivity contribution is 5.80. The van der Waals surface area contributed by atoms with Gasteiger partial charge in [0.2, 0.25) is 11.9 Å². The van der Waals surface area contributed by atoms with E-state index < -0.39 is 11.2 Å². The van der Waals surface area contributed by atoms with E-state index in [2.05, 4.69) is 27.4 Å². The number of piperazine rings is 1. The first kappa shape index (κ1) is 23.3. The van der Waals surface area contributed by atoms with Crippen molar-refractivity contribution in [1.29, 1.82) is 0 Å². The Hall–Kier alpha value is -3.84. The number of para-hydroxylation sites is 1. The van der Waals surface area contributed by atoms with E-state index in [9.17, 15) is 14.4 Å². The van der Waals surface area contributed by atoms with E-state index in [4.69, 9.17) is 4.98 Å². The Morgan fingerprint density at radius 1 is 1.18 bits per heavy atom. The molecule has 1 aliphatic heterocycles. The third kappa shape index (κ3) is 4.10. The second-order valence-electron chi connectivity index (χ2n) is 8.00. The van der Waals surface area contributed by atoms with Crippen molar-refractivity contribution in [3.05, 3.63) is 50.7 Å². The highest BCUT2D eigenvalue weighted by Gasteiger charge is 2.26. The maximum Gasteiger partial charge on any atom is 0.337 e. The van der Waals surface area contributed by atoms with Gasteiger partial charge in [0.15, 0.2) is 11.2 Å². The maximum atomic E-state index is 13.9. The number of hydrogen-bond donors (Lipinski definition) is 2. The maximum absolute atomic E-state index is 13.9. The molecule has 0 unspecified atom stereocenters. The average Bonchev–Trinajstić information content (AvgIpc) is 3.25. The number of aromatic nitrogens is 4. The summed E-state index contributed by atoms with van der Waals surface area (Å²) in [4.78, 5) is 46.8. The van der Waals surface area contributed by atoms with Gasteiger partial charge in [-0.25, -0.2) is 9.36 Å². The summed E-state index contributed by atoms with van der Waals surface area (Å²) in [7, 11) is 1.51. The minimum atomic E-state index is -0.597. The van der Waals surface area contributed by atoms with Crippen LogP contribution in [0.5, 0.6) is 0 Å². The third-order valence-electron chi connectivity index (χ3n) is 6.02. The Kier molecular flexibility index (Phi) is 6.84. The van der Waals surface area contributed by atoms with Gasteiger partial charge in [-0.05, 0) is 25.0 Å². The summed E-state index contributed by atoms with van der Waals surface area (Å²) in [6.45, 7) is 6.66. The molecular weight excluding hydrogens is 434 g/mol. The van der Waals surface area contributed by atoms with E-state index in [0.717, 1.165) is 23.2 Å². The van der Waals surface area contributed by atoms with Gasteiger partial charge in [0.25, 0.3) is 5.56 Å². The smallest absolute Gasteiger partial charge is 0.337 e. The van der Waals surface area contributed by atoms with Crippen LogP contribution in [0.25, 0.3) is 16.9 Å². The lowest BCUT2D eigenvalue weighted by Crippen LogP contribution is -2.44. The van der Waals surface area contributed by atoms with Gasteiger partial charge in [0.05, 0.1) is 12.2 Å². The van der Waals surface area contributed by atoms with Gasteiger partial charge in [-0.15, -0.1) is 5.92 Å². The molecule has 0 atom stereocenters. The molecule has 0 bridgehead atoms. The van der Waals surface area contributed by atoms with Gasteiger partial charge >= 0.3 is 5.69 Å². The van der Waals surface area contributed by atoms with Crippen LogP contribution in [0.15, 0.2) is 33.9 Å². The van der Waals surface area contributed by atoms with Crippen LogP contribution in [-0.4, -0.2) is 57.8 Å². The van der Waals surface area contributed by atoms with Crippen molar-refractivity contribution in [3.8, 4) is 17.5 Å². The highest BCUT2D eigenvalue weighted by atomic mass is 16.2. The fraction of sp³-hybridized carbons (Fsp3) is 0.417. The van der Waals surface area contributed by atoms with Crippen molar-refractivity contribution >= 4 is 23.0 Å². The summed E-state index contributed by atoms with van der Waals surface area (Å²) in [6, 6.07) is 7.31. The summed E-state index contributed by atoms with van der Waals surface area (Å²) in [5, 5.41) is 5.87. The first-order chi connectivity index (χ1) is 16.5. The summed E-state index contributed by atoms with van der Waals surface area (Å²) in [5.74, 6) is 6.13. The van der Waals surface area contributed by atoms with Crippen molar-refractivity contribution < 1.29 is 4.79 Å². The van der Waals surface area contributed by atoms with Gasteiger partial charge in [-0.1, -0.05) is 31.0 Å². The molecule has 1 aromatic carbocycles. The average molecular weight is 464 g/mol. The molecule has 0 aliphatic carbocycles. The van der Waals surface area contributed by atoms with Crippen LogP contribution >= 0.6 is 0 Å². The number of carbonyl (C=O) groups excluding carboxylic acids is 1. The summed E-state index contributed by atoms with van der Waals surface area (Å²) < 4.78 is 4.21. The molecule has 178 valence electrons. The number of fused-ring (bicyclic) bond motifs is 1. The molecular formula is C24H29N7O3. The number of hydrogen-bond acceptors (Lipinski definition) is 6. The number of nitrogens with one attached hydrogen (secondary N) is 2. The molecule has 1 fully saturated rings. The van der Waals surface area contributed by atoms with Crippen LogP contribution in [-0.2, 0) is 24.3 Å². The Labute approximate surface area is 197 Å². The zero-order valence-corrected chi connectivity index (χ0v) is 19.7. The van der Waals surface area contributed by atoms with Gasteiger partial charge < -0.3 is 15.5 Å². The van der Waals surface area contributed by atoms with E-state index in [1.165, 1.54) is 11.6 Å². The SMILES string of the molecule is CC#CCn1c(N2CCNCC2)nc2c1c(=O)n(-c1ccccc1CC)c(=O)n2CC(=O)NC. The van der Waals surface area contributed by atoms with Crippen molar-refractivity contribution in [1.82, 2.24) is 29.3 Å². The molecule has 1 amide bonds. The van der Waals surface area contributed by atoms with Crippen molar-refractivity contribution in [2.45, 2.75) is 33.4 Å². The fourth-order valence-corrected chi connectivity index (χ4v) is 4.25. The number of amides is 1. The largest absolute Gasteiger partial charge is 0.358 e. The molecule has 1 saturated heterocycles. The number of likely N-dealkylation sites (N-methyl/N-ethyl adjacent to an activating group) is 1. The highest BCUT2D eigenvalue weighted by Crippen LogP contribution is 2.21. The summed E-state index contributed by atoms with van der Waals surface area (Å²) >= 11 is 0. The molecule has 3 heterocycles. The van der Waals surface area contributed by atoms with E-state index in [0.29, 0.717) is 31.1 Å². The number of carbonyl (C=O) groups is 1. The van der Waals surface area contributed by atoms with Gasteiger partial charge in [-0.3, -0.25) is 18.7 Å². The molecule has 0 saturated carbocycles. The van der Waals surface area contributed by atoms with Gasteiger partial charge in [0.1, 0.15) is 6.54 Å². The Morgan fingerprint density at radius 2 is 1.91 bits per heavy atom. The zero-order chi connectivity index (χ0) is 24.2. The monoisotopic (exact) mass is 463 g/mol. The fourth-order valence-electron chi connectivity index (χ4n) is 4.25. The first-order valence-electron chi connectivity index (χ1n) is 11.4. The first-order valence-corrected chi connectivity index (χ1v) is 11.4. The van der Waals surface area contributed by atoms with Crippen LogP contribution in [0.2, 0.25) is 0 Å². The van der Waals surface area contributed by atoms with Crippen LogP contribution < -0.4 is 26.8 Å². The quantitative estimate of drug-likeness (QED) is 0.502. The summed E-state index contributed by atoms with van der Waals surface area (Å²) in [6.07, 6.45) is 0.641. The van der Waals surface area contributed by atoms with E-state index >= 15 is 0 Å². The number of rotatable bonds is 6. The minimum absolute atomic E-state index is 0.190. The van der Waals surface area contributed by atoms with Crippen LogP contribution in [0.1, 0.15) is 19.4 Å². The number of anilines is 1. The number of nitrogens with zero attached hydrogens (tertiary/aromatic N) is 5.